The van der Waals surface area contributed by atoms with Crippen LogP contribution in [0, 0.1) is 0 Å². The van der Waals surface area contributed by atoms with Crippen LogP contribution in [0.2, 0.25) is 0 Å². The zero-order chi connectivity index (χ0) is 11.9. The van der Waals surface area contributed by atoms with Gasteiger partial charge in [0.2, 0.25) is 0 Å². The van der Waals surface area contributed by atoms with Gasteiger partial charge in [0.1, 0.15) is 12.3 Å². The fourth-order valence-corrected chi connectivity index (χ4v) is 1.65. The Morgan fingerprint density at radius 3 is 2.94 bits per heavy atom. The normalized spacial score (nSPS) is 16.7. The van der Waals surface area contributed by atoms with E-state index in [1.54, 1.807) is 24.4 Å². The molecule has 0 bridgehead atoms. The van der Waals surface area contributed by atoms with E-state index in [0.717, 1.165) is 32.8 Å². The van der Waals surface area contributed by atoms with Crippen LogP contribution in [0.15, 0.2) is 24.4 Å². The highest BCUT2D eigenvalue weighted by atomic mass is 16.5. The van der Waals surface area contributed by atoms with E-state index in [0.29, 0.717) is 12.3 Å². The second-order valence-electron chi connectivity index (χ2n) is 3.80. The number of hydrogen-bond donors (Lipinski definition) is 0. The summed E-state index contributed by atoms with van der Waals surface area (Å²) in [6.07, 6.45) is 1.58. The highest BCUT2D eigenvalue weighted by molar-refractivity contribution is 5.87. The van der Waals surface area contributed by atoms with Gasteiger partial charge < -0.3 is 9.47 Å². The van der Waals surface area contributed by atoms with Crippen molar-refractivity contribution in [2.24, 2.45) is 0 Å². The smallest absolute Gasteiger partial charge is 0.356 e. The van der Waals surface area contributed by atoms with E-state index < -0.39 is 0 Å². The highest BCUT2D eigenvalue weighted by Crippen LogP contribution is 1.99. The molecule has 0 atom stereocenters. The predicted molar refractivity (Wildman–Crippen MR) is 61.8 cm³/mol. The topological polar surface area (TPSA) is 51.7 Å². The van der Waals surface area contributed by atoms with Gasteiger partial charge in [0, 0.05) is 25.8 Å². The van der Waals surface area contributed by atoms with Crippen LogP contribution < -0.4 is 0 Å². The quantitative estimate of drug-likeness (QED) is 0.715. The van der Waals surface area contributed by atoms with Crippen molar-refractivity contribution in [1.29, 1.82) is 0 Å². The standard InChI is InChI=1S/C12H16N2O3/c15-12(11-3-1-2-4-13-11)17-10-7-14-5-8-16-9-6-14/h1-4H,5-10H2. The lowest BCUT2D eigenvalue weighted by Crippen LogP contribution is -2.38. The Labute approximate surface area is 100 Å². The van der Waals surface area contributed by atoms with Gasteiger partial charge in [0.15, 0.2) is 0 Å². The van der Waals surface area contributed by atoms with Crippen molar-refractivity contribution in [3.05, 3.63) is 30.1 Å². The van der Waals surface area contributed by atoms with Gasteiger partial charge in [-0.3, -0.25) is 4.90 Å². The third-order valence-electron chi connectivity index (χ3n) is 2.62. The zero-order valence-electron chi connectivity index (χ0n) is 9.67. The molecule has 1 saturated heterocycles. The van der Waals surface area contributed by atoms with E-state index in [-0.39, 0.29) is 5.97 Å². The number of carbonyl (C=O) groups is 1. The molecule has 5 nitrogen and oxygen atoms in total. The lowest BCUT2D eigenvalue weighted by molar-refractivity contribution is 0.0193. The molecule has 1 fully saturated rings. The molecule has 0 N–H and O–H groups in total. The predicted octanol–water partition coefficient (Wildman–Crippen LogP) is 0.571. The largest absolute Gasteiger partial charge is 0.460 e. The van der Waals surface area contributed by atoms with Gasteiger partial charge in [-0.1, -0.05) is 6.07 Å². The molecule has 0 radical (unpaired) electrons. The molecule has 1 aromatic rings. The second kappa shape index (κ2) is 6.32. The Morgan fingerprint density at radius 2 is 2.24 bits per heavy atom. The minimum absolute atomic E-state index is 0.356. The summed E-state index contributed by atoms with van der Waals surface area (Å²) in [5.74, 6) is -0.362. The first-order valence-electron chi connectivity index (χ1n) is 5.74. The van der Waals surface area contributed by atoms with Crippen LogP contribution in [-0.2, 0) is 9.47 Å². The lowest BCUT2D eigenvalue weighted by Gasteiger charge is -2.26. The van der Waals surface area contributed by atoms with Crippen molar-refractivity contribution in [2.45, 2.75) is 0 Å². The third kappa shape index (κ3) is 3.80. The second-order valence-corrected chi connectivity index (χ2v) is 3.80. The molecule has 0 amide bonds. The SMILES string of the molecule is O=C(OCCN1CCOCC1)c1ccccn1. The number of rotatable bonds is 4. The molecule has 5 heteroatoms. The number of aromatic nitrogens is 1. The van der Waals surface area contributed by atoms with Crippen LogP contribution in [0.1, 0.15) is 10.5 Å². The molecule has 0 aromatic carbocycles. The van der Waals surface area contributed by atoms with E-state index >= 15 is 0 Å². The Morgan fingerprint density at radius 1 is 1.41 bits per heavy atom. The van der Waals surface area contributed by atoms with Crippen LogP contribution >= 0.6 is 0 Å². The molecular formula is C12H16N2O3. The molecule has 0 unspecified atom stereocenters. The van der Waals surface area contributed by atoms with Gasteiger partial charge in [0.05, 0.1) is 13.2 Å². The molecule has 2 rings (SSSR count). The summed E-state index contributed by atoms with van der Waals surface area (Å²) in [5.41, 5.74) is 0.356. The van der Waals surface area contributed by atoms with E-state index in [1.807, 2.05) is 0 Å². The lowest BCUT2D eigenvalue weighted by atomic mass is 10.3. The Bertz CT molecular complexity index is 350. The van der Waals surface area contributed by atoms with Crippen molar-refractivity contribution in [3.8, 4) is 0 Å². The first kappa shape index (κ1) is 12.0. The van der Waals surface area contributed by atoms with E-state index in [4.69, 9.17) is 9.47 Å². The van der Waals surface area contributed by atoms with Crippen LogP contribution in [0.5, 0.6) is 0 Å². The Balaban J connectivity index is 1.69. The summed E-state index contributed by atoms with van der Waals surface area (Å²) in [6, 6.07) is 5.19. The van der Waals surface area contributed by atoms with Crippen molar-refractivity contribution in [2.75, 3.05) is 39.5 Å². The van der Waals surface area contributed by atoms with Crippen LogP contribution in [-0.4, -0.2) is 55.3 Å². The first-order chi connectivity index (χ1) is 8.36. The van der Waals surface area contributed by atoms with Crippen LogP contribution in [0.3, 0.4) is 0 Å². The Hall–Kier alpha value is -1.46. The van der Waals surface area contributed by atoms with Gasteiger partial charge in [-0.15, -0.1) is 0 Å². The van der Waals surface area contributed by atoms with Crippen molar-refractivity contribution in [3.63, 3.8) is 0 Å². The summed E-state index contributed by atoms with van der Waals surface area (Å²) < 4.78 is 10.4. The van der Waals surface area contributed by atoms with Crippen LogP contribution in [0.4, 0.5) is 0 Å². The molecule has 0 saturated carbocycles. The van der Waals surface area contributed by atoms with Crippen molar-refractivity contribution < 1.29 is 14.3 Å². The molecule has 1 aliphatic rings. The van der Waals surface area contributed by atoms with Gasteiger partial charge in [0.25, 0.3) is 0 Å². The molecule has 0 spiro atoms. The average Bonchev–Trinajstić information content (AvgIpc) is 2.41. The summed E-state index contributed by atoms with van der Waals surface area (Å²) >= 11 is 0. The number of esters is 1. The monoisotopic (exact) mass is 236 g/mol. The molecule has 1 aromatic heterocycles. The maximum atomic E-state index is 11.6. The van der Waals surface area contributed by atoms with E-state index in [1.165, 1.54) is 0 Å². The molecule has 2 heterocycles. The molecule has 0 aliphatic carbocycles. The molecule has 1 aliphatic heterocycles. The maximum absolute atomic E-state index is 11.6. The molecular weight excluding hydrogens is 220 g/mol. The summed E-state index contributed by atoms with van der Waals surface area (Å²) in [7, 11) is 0. The van der Waals surface area contributed by atoms with Gasteiger partial charge in [-0.25, -0.2) is 9.78 Å². The number of hydrogen-bond acceptors (Lipinski definition) is 5. The number of pyridine rings is 1. The van der Waals surface area contributed by atoms with Crippen molar-refractivity contribution in [1.82, 2.24) is 9.88 Å². The van der Waals surface area contributed by atoms with E-state index in [9.17, 15) is 4.79 Å². The molecule has 92 valence electrons. The number of carbonyl (C=O) groups excluding carboxylic acids is 1. The molecule has 17 heavy (non-hydrogen) atoms. The van der Waals surface area contributed by atoms with Crippen LogP contribution in [0.25, 0.3) is 0 Å². The fourth-order valence-electron chi connectivity index (χ4n) is 1.65. The van der Waals surface area contributed by atoms with E-state index in [2.05, 4.69) is 9.88 Å². The zero-order valence-corrected chi connectivity index (χ0v) is 9.67. The summed E-state index contributed by atoms with van der Waals surface area (Å²) in [4.78, 5) is 17.7. The number of morpholine rings is 1. The maximum Gasteiger partial charge on any atom is 0.356 e. The minimum Gasteiger partial charge on any atom is -0.460 e. The van der Waals surface area contributed by atoms with Gasteiger partial charge in [-0.2, -0.15) is 0 Å². The Kier molecular flexibility index (Phi) is 4.46. The first-order valence-corrected chi connectivity index (χ1v) is 5.74. The minimum atomic E-state index is -0.362. The highest BCUT2D eigenvalue weighted by Gasteiger charge is 2.12. The van der Waals surface area contributed by atoms with Gasteiger partial charge >= 0.3 is 5.97 Å². The number of ether oxygens (including phenoxy) is 2. The average molecular weight is 236 g/mol. The third-order valence-corrected chi connectivity index (χ3v) is 2.62. The van der Waals surface area contributed by atoms with Gasteiger partial charge in [-0.05, 0) is 12.1 Å². The fraction of sp³-hybridized carbons (Fsp3) is 0.500. The summed E-state index contributed by atoms with van der Waals surface area (Å²) in [6.45, 7) is 4.47. The number of nitrogens with zero attached hydrogens (tertiary/aromatic N) is 2. The summed E-state index contributed by atoms with van der Waals surface area (Å²) in [5, 5.41) is 0. The van der Waals surface area contributed by atoms with Crippen molar-refractivity contribution >= 4 is 5.97 Å².